The molecule has 0 atom stereocenters. The summed E-state index contributed by atoms with van der Waals surface area (Å²) in [5.74, 6) is 5.04. The van der Waals surface area contributed by atoms with E-state index in [1.54, 1.807) is 12.1 Å². The van der Waals surface area contributed by atoms with Crippen molar-refractivity contribution in [2.45, 2.75) is 0 Å². The number of benzene rings is 1. The van der Waals surface area contributed by atoms with Crippen LogP contribution >= 0.6 is 0 Å². The molecule has 8 nitrogen and oxygen atoms in total. The number of rotatable bonds is 3. The second-order valence-corrected chi connectivity index (χ2v) is 4.11. The van der Waals surface area contributed by atoms with Crippen molar-refractivity contribution in [3.63, 3.8) is 0 Å². The summed E-state index contributed by atoms with van der Waals surface area (Å²) in [4.78, 5) is 28.2. The largest absolute Gasteiger partial charge is 0.324 e. The van der Waals surface area contributed by atoms with Gasteiger partial charge in [-0.1, -0.05) is 18.2 Å². The first-order valence-corrected chi connectivity index (χ1v) is 6.08. The van der Waals surface area contributed by atoms with Crippen molar-refractivity contribution in [1.82, 2.24) is 25.1 Å². The Bertz CT molecular complexity index is 778. The van der Waals surface area contributed by atoms with Gasteiger partial charge in [0.2, 0.25) is 5.82 Å². The molecule has 0 aliphatic heterocycles. The Balaban J connectivity index is 1.82. The van der Waals surface area contributed by atoms with Crippen LogP contribution in [0.1, 0.15) is 10.6 Å². The van der Waals surface area contributed by atoms with Crippen LogP contribution in [0.4, 0.5) is 5.69 Å². The minimum Gasteiger partial charge on any atom is -0.281 e. The summed E-state index contributed by atoms with van der Waals surface area (Å²) >= 11 is 0. The number of carbonyl (C=O) groups is 1. The van der Waals surface area contributed by atoms with Crippen molar-refractivity contribution < 1.29 is 4.79 Å². The lowest BCUT2D eigenvalue weighted by Gasteiger charge is -2.17. The first kappa shape index (κ1) is 12.9. The van der Waals surface area contributed by atoms with Crippen LogP contribution < -0.4 is 11.3 Å². The Morgan fingerprint density at radius 3 is 2.67 bits per heavy atom. The SMILES string of the molecule is NN(Nc1ccccc1)C(=O)c1ncc2nccnc2n1. The Hall–Kier alpha value is -3.13. The third-order valence-electron chi connectivity index (χ3n) is 2.66. The summed E-state index contributed by atoms with van der Waals surface area (Å²) in [5, 5.41) is 0.826. The molecule has 2 aromatic heterocycles. The summed E-state index contributed by atoms with van der Waals surface area (Å²) in [6.45, 7) is 0. The highest BCUT2D eigenvalue weighted by Crippen LogP contribution is 2.08. The molecule has 0 aliphatic rings. The van der Waals surface area contributed by atoms with Crippen molar-refractivity contribution in [3.05, 3.63) is 54.7 Å². The van der Waals surface area contributed by atoms with Crippen molar-refractivity contribution in [2.24, 2.45) is 5.84 Å². The number of hydrogen-bond donors (Lipinski definition) is 2. The van der Waals surface area contributed by atoms with E-state index in [0.717, 1.165) is 5.12 Å². The summed E-state index contributed by atoms with van der Waals surface area (Å²) in [6.07, 6.45) is 4.45. The van der Waals surface area contributed by atoms with Gasteiger partial charge in [-0.3, -0.25) is 10.2 Å². The number of aromatic nitrogens is 4. The molecule has 2 heterocycles. The standard InChI is InChI=1S/C13H11N7O/c14-20(19-9-4-2-1-3-5-9)13(21)12-17-8-10-11(18-12)16-7-6-15-10/h1-8,19H,14H2. The van der Waals surface area contributed by atoms with Gasteiger partial charge in [0.05, 0.1) is 11.9 Å². The van der Waals surface area contributed by atoms with Gasteiger partial charge in [-0.05, 0) is 12.1 Å². The zero-order chi connectivity index (χ0) is 14.7. The van der Waals surface area contributed by atoms with E-state index < -0.39 is 5.91 Å². The van der Waals surface area contributed by atoms with E-state index in [0.29, 0.717) is 16.9 Å². The van der Waals surface area contributed by atoms with E-state index >= 15 is 0 Å². The topological polar surface area (TPSA) is 110 Å². The molecule has 104 valence electrons. The predicted molar refractivity (Wildman–Crippen MR) is 75.5 cm³/mol. The van der Waals surface area contributed by atoms with Gasteiger partial charge in [0, 0.05) is 12.4 Å². The van der Waals surface area contributed by atoms with Gasteiger partial charge in [-0.15, -0.1) is 0 Å². The molecule has 3 N–H and O–H groups in total. The van der Waals surface area contributed by atoms with E-state index in [4.69, 9.17) is 5.84 Å². The van der Waals surface area contributed by atoms with Gasteiger partial charge >= 0.3 is 5.91 Å². The molecule has 0 unspecified atom stereocenters. The average molecular weight is 281 g/mol. The highest BCUT2D eigenvalue weighted by atomic mass is 16.2. The number of hydrogen-bond acceptors (Lipinski definition) is 7. The van der Waals surface area contributed by atoms with Gasteiger partial charge in [-0.25, -0.2) is 25.8 Å². The fraction of sp³-hybridized carbons (Fsp3) is 0. The molecule has 0 saturated carbocycles. The molecule has 0 saturated heterocycles. The minimum absolute atomic E-state index is 0.0612. The van der Waals surface area contributed by atoms with E-state index in [2.05, 4.69) is 25.4 Å². The maximum absolute atomic E-state index is 12.2. The lowest BCUT2D eigenvalue weighted by molar-refractivity contribution is 0.0781. The van der Waals surface area contributed by atoms with Crippen LogP contribution in [0, 0.1) is 0 Å². The Morgan fingerprint density at radius 1 is 1.10 bits per heavy atom. The van der Waals surface area contributed by atoms with Crippen molar-refractivity contribution in [2.75, 3.05) is 5.43 Å². The number of fused-ring (bicyclic) bond motifs is 1. The summed E-state index contributed by atoms with van der Waals surface area (Å²) in [7, 11) is 0. The van der Waals surface area contributed by atoms with Gasteiger partial charge in [0.25, 0.3) is 0 Å². The lowest BCUT2D eigenvalue weighted by atomic mass is 10.3. The highest BCUT2D eigenvalue weighted by Gasteiger charge is 2.16. The van der Waals surface area contributed by atoms with Crippen LogP contribution in [0.3, 0.4) is 0 Å². The maximum atomic E-state index is 12.2. The molecule has 0 spiro atoms. The quantitative estimate of drug-likeness (QED) is 0.414. The minimum atomic E-state index is -0.577. The molecule has 1 amide bonds. The van der Waals surface area contributed by atoms with Gasteiger partial charge < -0.3 is 0 Å². The molecular weight excluding hydrogens is 270 g/mol. The zero-order valence-electron chi connectivity index (χ0n) is 10.8. The number of hydrazine groups is 2. The fourth-order valence-corrected chi connectivity index (χ4v) is 1.68. The Labute approximate surface area is 119 Å². The monoisotopic (exact) mass is 281 g/mol. The van der Waals surface area contributed by atoms with Crippen LogP contribution in [0.15, 0.2) is 48.9 Å². The Morgan fingerprint density at radius 2 is 1.86 bits per heavy atom. The highest BCUT2D eigenvalue weighted by molar-refractivity contribution is 5.92. The third kappa shape index (κ3) is 2.74. The van der Waals surface area contributed by atoms with Crippen LogP contribution in [-0.2, 0) is 0 Å². The molecule has 0 bridgehead atoms. The van der Waals surface area contributed by atoms with E-state index in [1.165, 1.54) is 18.6 Å². The zero-order valence-corrected chi connectivity index (χ0v) is 10.8. The summed E-state index contributed by atoms with van der Waals surface area (Å²) in [5.41, 5.74) is 4.25. The lowest BCUT2D eigenvalue weighted by Crippen LogP contribution is -2.42. The van der Waals surface area contributed by atoms with E-state index in [1.807, 2.05) is 18.2 Å². The van der Waals surface area contributed by atoms with Crippen LogP contribution in [0.25, 0.3) is 11.2 Å². The number of amides is 1. The summed E-state index contributed by atoms with van der Waals surface area (Å²) in [6, 6.07) is 9.06. The van der Waals surface area contributed by atoms with E-state index in [-0.39, 0.29) is 5.82 Å². The third-order valence-corrected chi connectivity index (χ3v) is 2.66. The maximum Gasteiger partial charge on any atom is 0.324 e. The molecule has 8 heteroatoms. The van der Waals surface area contributed by atoms with Gasteiger partial charge in [0.15, 0.2) is 5.65 Å². The molecule has 0 radical (unpaired) electrons. The first-order valence-electron chi connectivity index (χ1n) is 6.08. The number of nitrogens with one attached hydrogen (secondary N) is 1. The molecule has 21 heavy (non-hydrogen) atoms. The number of nitrogens with two attached hydrogens (primary N) is 1. The average Bonchev–Trinajstić information content (AvgIpc) is 2.54. The number of nitrogens with zero attached hydrogens (tertiary/aromatic N) is 5. The van der Waals surface area contributed by atoms with Crippen LogP contribution in [0.5, 0.6) is 0 Å². The molecule has 3 rings (SSSR count). The van der Waals surface area contributed by atoms with Crippen molar-refractivity contribution in [3.8, 4) is 0 Å². The van der Waals surface area contributed by atoms with Gasteiger partial charge in [0.1, 0.15) is 5.52 Å². The second-order valence-electron chi connectivity index (χ2n) is 4.11. The van der Waals surface area contributed by atoms with Gasteiger partial charge in [-0.2, -0.15) is 5.12 Å². The van der Waals surface area contributed by atoms with Crippen molar-refractivity contribution >= 4 is 22.8 Å². The Kier molecular flexibility index (Phi) is 3.36. The van der Waals surface area contributed by atoms with Crippen molar-refractivity contribution in [1.29, 1.82) is 0 Å². The fourth-order valence-electron chi connectivity index (χ4n) is 1.68. The summed E-state index contributed by atoms with van der Waals surface area (Å²) < 4.78 is 0. The second kappa shape index (κ2) is 5.47. The predicted octanol–water partition coefficient (Wildman–Crippen LogP) is 0.763. The number of carbonyl (C=O) groups excluding carboxylic acids is 1. The smallest absolute Gasteiger partial charge is 0.281 e. The van der Waals surface area contributed by atoms with Crippen LogP contribution in [0.2, 0.25) is 0 Å². The molecule has 0 fully saturated rings. The first-order chi connectivity index (χ1) is 10.2. The normalized spacial score (nSPS) is 10.3. The number of anilines is 1. The molecule has 1 aromatic carbocycles. The number of para-hydroxylation sites is 1. The van der Waals surface area contributed by atoms with E-state index in [9.17, 15) is 4.79 Å². The van der Waals surface area contributed by atoms with Crippen LogP contribution in [-0.4, -0.2) is 31.0 Å². The molecular formula is C13H11N7O. The molecule has 0 aliphatic carbocycles. The molecule has 3 aromatic rings.